The molecule has 0 bridgehead atoms. The third-order valence-electron chi connectivity index (χ3n) is 2.21. The maximum atomic E-state index is 9.34. The average Bonchev–Trinajstić information content (AvgIpc) is 2.19. The van der Waals surface area contributed by atoms with Crippen LogP contribution < -0.4 is 10.6 Å². The summed E-state index contributed by atoms with van der Waals surface area (Å²) in [5.41, 5.74) is 0. The van der Waals surface area contributed by atoms with E-state index in [4.69, 9.17) is 5.11 Å². The van der Waals surface area contributed by atoms with Gasteiger partial charge >= 0.3 is 0 Å². The molecule has 0 saturated carbocycles. The Kier molecular flexibility index (Phi) is 9.29. The van der Waals surface area contributed by atoms with E-state index in [9.17, 15) is 5.11 Å². The van der Waals surface area contributed by atoms with Crippen molar-refractivity contribution in [2.75, 3.05) is 19.7 Å². The van der Waals surface area contributed by atoms with Crippen LogP contribution in [0.1, 0.15) is 33.1 Å². The molecule has 0 saturated heterocycles. The van der Waals surface area contributed by atoms with Gasteiger partial charge in [-0.15, -0.1) is 0 Å². The van der Waals surface area contributed by atoms with Crippen LogP contribution in [0.15, 0.2) is 0 Å². The van der Waals surface area contributed by atoms with Crippen LogP contribution in [0.5, 0.6) is 0 Å². The van der Waals surface area contributed by atoms with E-state index in [0.29, 0.717) is 0 Å². The first-order chi connectivity index (χ1) is 6.74. The Bertz CT molecular complexity index is 119. The van der Waals surface area contributed by atoms with Gasteiger partial charge in [0.25, 0.3) is 0 Å². The summed E-state index contributed by atoms with van der Waals surface area (Å²) in [5, 5.41) is 24.4. The van der Waals surface area contributed by atoms with E-state index in [1.54, 1.807) is 0 Å². The fourth-order valence-corrected chi connectivity index (χ4v) is 1.23. The molecule has 0 radical (unpaired) electrons. The molecule has 0 heterocycles. The molecular formula is C10H24N2O2. The van der Waals surface area contributed by atoms with Crippen LogP contribution in [0.4, 0.5) is 0 Å². The van der Waals surface area contributed by atoms with Crippen molar-refractivity contribution in [3.8, 4) is 0 Å². The van der Waals surface area contributed by atoms with Gasteiger partial charge in [0.1, 0.15) is 6.23 Å². The molecule has 0 aromatic rings. The van der Waals surface area contributed by atoms with E-state index in [2.05, 4.69) is 10.6 Å². The molecule has 0 aromatic carbocycles. The molecule has 0 spiro atoms. The number of nitrogens with one attached hydrogen (secondary N) is 2. The first-order valence-corrected chi connectivity index (χ1v) is 5.50. The van der Waals surface area contributed by atoms with Crippen LogP contribution in [-0.4, -0.2) is 42.2 Å². The lowest BCUT2D eigenvalue weighted by Gasteiger charge is -2.16. The molecule has 4 N–H and O–H groups in total. The summed E-state index contributed by atoms with van der Waals surface area (Å²) < 4.78 is 0. The highest BCUT2D eigenvalue weighted by Crippen LogP contribution is 1.91. The van der Waals surface area contributed by atoms with Gasteiger partial charge in [-0.3, -0.25) is 5.32 Å². The number of rotatable bonds is 9. The van der Waals surface area contributed by atoms with E-state index in [1.165, 1.54) is 0 Å². The summed E-state index contributed by atoms with van der Waals surface area (Å²) in [4.78, 5) is 0. The van der Waals surface area contributed by atoms with Crippen LogP contribution >= 0.6 is 0 Å². The highest BCUT2D eigenvalue weighted by molar-refractivity contribution is 4.64. The zero-order valence-electron chi connectivity index (χ0n) is 9.29. The smallest absolute Gasteiger partial charge is 0.104 e. The van der Waals surface area contributed by atoms with E-state index in [0.717, 1.165) is 32.4 Å². The largest absolute Gasteiger partial charge is 0.395 e. The monoisotopic (exact) mass is 204 g/mol. The Balaban J connectivity index is 3.27. The van der Waals surface area contributed by atoms with Crippen molar-refractivity contribution in [2.45, 2.75) is 45.4 Å². The van der Waals surface area contributed by atoms with Crippen LogP contribution in [-0.2, 0) is 0 Å². The average molecular weight is 204 g/mol. The molecule has 4 heteroatoms. The fraction of sp³-hybridized carbons (Fsp3) is 1.00. The van der Waals surface area contributed by atoms with Crippen molar-refractivity contribution in [1.29, 1.82) is 0 Å². The Hall–Kier alpha value is -0.160. The minimum absolute atomic E-state index is 0.175. The Morgan fingerprint density at radius 3 is 2.29 bits per heavy atom. The van der Waals surface area contributed by atoms with E-state index < -0.39 is 6.23 Å². The highest BCUT2D eigenvalue weighted by Gasteiger charge is 2.03. The molecule has 2 atom stereocenters. The van der Waals surface area contributed by atoms with Crippen molar-refractivity contribution >= 4 is 0 Å². The molecule has 0 aliphatic carbocycles. The molecule has 0 aromatic heterocycles. The summed E-state index contributed by atoms with van der Waals surface area (Å²) >= 11 is 0. The second-order valence-electron chi connectivity index (χ2n) is 3.50. The predicted octanol–water partition coefficient (Wildman–Crippen LogP) is 0.0550. The van der Waals surface area contributed by atoms with Gasteiger partial charge in [-0.25, -0.2) is 0 Å². The van der Waals surface area contributed by atoms with Crippen molar-refractivity contribution in [3.63, 3.8) is 0 Å². The summed E-state index contributed by atoms with van der Waals surface area (Å²) in [6, 6.07) is 0.181. The maximum absolute atomic E-state index is 9.34. The van der Waals surface area contributed by atoms with Gasteiger partial charge < -0.3 is 15.5 Å². The second kappa shape index (κ2) is 9.40. The number of hydrogen-bond acceptors (Lipinski definition) is 4. The first-order valence-electron chi connectivity index (χ1n) is 5.50. The molecule has 14 heavy (non-hydrogen) atoms. The van der Waals surface area contributed by atoms with Gasteiger partial charge in [0.05, 0.1) is 6.61 Å². The summed E-state index contributed by atoms with van der Waals surface area (Å²) in [7, 11) is 0. The topological polar surface area (TPSA) is 64.5 Å². The number of aliphatic hydroxyl groups is 2. The summed E-state index contributed by atoms with van der Waals surface area (Å²) in [5.74, 6) is 0. The predicted molar refractivity (Wildman–Crippen MR) is 58.1 cm³/mol. The van der Waals surface area contributed by atoms with Gasteiger partial charge in [0.2, 0.25) is 0 Å². The zero-order valence-corrected chi connectivity index (χ0v) is 9.29. The molecular weight excluding hydrogens is 180 g/mol. The standard InChI is InChI=1S/C10H24N2O2/c1-3-5-10(14)12-7-6-11-9(4-2)8-13/h9-14H,3-8H2,1-2H3/t9-,10+/m0/s1. The molecule has 0 rings (SSSR count). The van der Waals surface area contributed by atoms with Gasteiger partial charge in [-0.05, 0) is 12.8 Å². The van der Waals surface area contributed by atoms with Crippen LogP contribution in [0, 0.1) is 0 Å². The van der Waals surface area contributed by atoms with Gasteiger partial charge in [-0.2, -0.15) is 0 Å². The van der Waals surface area contributed by atoms with Gasteiger partial charge in [0.15, 0.2) is 0 Å². The molecule has 86 valence electrons. The van der Waals surface area contributed by atoms with Gasteiger partial charge in [-0.1, -0.05) is 20.3 Å². The Morgan fingerprint density at radius 2 is 1.79 bits per heavy atom. The maximum Gasteiger partial charge on any atom is 0.104 e. The van der Waals surface area contributed by atoms with Crippen LogP contribution in [0.3, 0.4) is 0 Å². The normalized spacial score (nSPS) is 15.4. The highest BCUT2D eigenvalue weighted by atomic mass is 16.3. The third-order valence-corrected chi connectivity index (χ3v) is 2.21. The summed E-state index contributed by atoms with van der Waals surface area (Å²) in [6.07, 6.45) is 2.30. The zero-order chi connectivity index (χ0) is 10.8. The SMILES string of the molecule is CCC[C@@H](O)NCCN[C@@H](CC)CO. The summed E-state index contributed by atoms with van der Waals surface area (Å²) in [6.45, 7) is 5.76. The van der Waals surface area contributed by atoms with Crippen molar-refractivity contribution in [3.05, 3.63) is 0 Å². The van der Waals surface area contributed by atoms with E-state index >= 15 is 0 Å². The van der Waals surface area contributed by atoms with Crippen molar-refractivity contribution < 1.29 is 10.2 Å². The fourth-order valence-electron chi connectivity index (χ4n) is 1.23. The lowest BCUT2D eigenvalue weighted by atomic mass is 10.2. The lowest BCUT2D eigenvalue weighted by molar-refractivity contribution is 0.126. The molecule has 0 unspecified atom stereocenters. The lowest BCUT2D eigenvalue weighted by Crippen LogP contribution is -2.39. The van der Waals surface area contributed by atoms with E-state index in [1.807, 2.05) is 13.8 Å². The second-order valence-corrected chi connectivity index (χ2v) is 3.50. The van der Waals surface area contributed by atoms with Crippen LogP contribution in [0.2, 0.25) is 0 Å². The Morgan fingerprint density at radius 1 is 1.14 bits per heavy atom. The molecule has 0 amide bonds. The molecule has 0 fully saturated rings. The minimum atomic E-state index is -0.393. The number of aliphatic hydroxyl groups excluding tert-OH is 2. The van der Waals surface area contributed by atoms with Gasteiger partial charge in [0, 0.05) is 19.1 Å². The third kappa shape index (κ3) is 7.26. The van der Waals surface area contributed by atoms with E-state index in [-0.39, 0.29) is 12.6 Å². The molecule has 0 aliphatic heterocycles. The molecule has 0 aliphatic rings. The van der Waals surface area contributed by atoms with Crippen molar-refractivity contribution in [1.82, 2.24) is 10.6 Å². The van der Waals surface area contributed by atoms with Crippen molar-refractivity contribution in [2.24, 2.45) is 0 Å². The first kappa shape index (κ1) is 13.8. The Labute approximate surface area is 86.7 Å². The number of hydrogen-bond donors (Lipinski definition) is 4. The molecule has 4 nitrogen and oxygen atoms in total. The quantitative estimate of drug-likeness (QED) is 0.317. The minimum Gasteiger partial charge on any atom is -0.395 e. The van der Waals surface area contributed by atoms with Crippen LogP contribution in [0.25, 0.3) is 0 Å².